The monoisotopic (exact) mass is 452 g/mol. The molecule has 2 N–H and O–H groups in total. The zero-order valence-corrected chi connectivity index (χ0v) is 17.7. The first-order chi connectivity index (χ1) is 15.7. The van der Waals surface area contributed by atoms with Crippen molar-refractivity contribution in [3.63, 3.8) is 0 Å². The number of nitrogens with one attached hydrogen (secondary N) is 2. The summed E-state index contributed by atoms with van der Waals surface area (Å²) in [4.78, 5) is 22.8. The number of thiophene rings is 1. The predicted octanol–water partition coefficient (Wildman–Crippen LogP) is 2.31. The van der Waals surface area contributed by atoms with Crippen molar-refractivity contribution >= 4 is 23.2 Å². The van der Waals surface area contributed by atoms with Gasteiger partial charge in [0, 0.05) is 11.8 Å². The first kappa shape index (κ1) is 19.5. The fourth-order valence-corrected chi connectivity index (χ4v) is 4.89. The van der Waals surface area contributed by atoms with Gasteiger partial charge >= 0.3 is 0 Å². The summed E-state index contributed by atoms with van der Waals surface area (Å²) in [6, 6.07) is 10.7. The van der Waals surface area contributed by atoms with Crippen LogP contribution in [0, 0.1) is 0 Å². The summed E-state index contributed by atoms with van der Waals surface area (Å²) in [6.07, 6.45) is 1.29. The van der Waals surface area contributed by atoms with Gasteiger partial charge in [-0.25, -0.2) is 9.97 Å². The number of hydrogen-bond donors (Lipinski definition) is 2. The standard InChI is InChI=1S/C22H20N4O5S/c27-21(12-3-4-16-17(8-12)31-11-30-16)24-14-9-28-20-15(10-29-19(14)20)26-22-23-6-5-13(25-22)18-2-1-7-32-18/h1-8,14-15,19-20H,9-11H2,(H,24,27)(H,23,25,26)/t14-,15+,19-,20+/m0/s1. The highest BCUT2D eigenvalue weighted by Crippen LogP contribution is 2.33. The number of aromatic nitrogens is 2. The molecule has 0 radical (unpaired) electrons. The molecule has 10 heteroatoms. The Balaban J connectivity index is 1.11. The van der Waals surface area contributed by atoms with Crippen LogP contribution in [0.4, 0.5) is 5.95 Å². The molecule has 6 rings (SSSR count). The number of carbonyl (C=O) groups excluding carboxylic acids is 1. The fourth-order valence-electron chi connectivity index (χ4n) is 4.19. The molecule has 3 aliphatic heterocycles. The Bertz CT molecular complexity index is 1140. The third-order valence-corrected chi connectivity index (χ3v) is 6.64. The Morgan fingerprint density at radius 3 is 2.75 bits per heavy atom. The summed E-state index contributed by atoms with van der Waals surface area (Å²) >= 11 is 1.63. The maximum atomic E-state index is 12.8. The SMILES string of the molecule is O=C(N[C@H]1CO[C@H]2[C@H]1OC[C@H]2Nc1nccc(-c2cccs2)n1)c1ccc2c(c1)OCO2. The van der Waals surface area contributed by atoms with Crippen LogP contribution in [0.25, 0.3) is 10.6 Å². The van der Waals surface area contributed by atoms with Gasteiger partial charge in [-0.15, -0.1) is 11.3 Å². The van der Waals surface area contributed by atoms with E-state index in [4.69, 9.17) is 18.9 Å². The number of anilines is 1. The number of benzene rings is 1. The van der Waals surface area contributed by atoms with Gasteiger partial charge in [-0.05, 0) is 35.7 Å². The normalized spacial score (nSPS) is 25.5. The van der Waals surface area contributed by atoms with Gasteiger partial charge in [0.1, 0.15) is 12.2 Å². The van der Waals surface area contributed by atoms with E-state index < -0.39 is 0 Å². The van der Waals surface area contributed by atoms with Gasteiger partial charge in [0.25, 0.3) is 5.91 Å². The number of fused-ring (bicyclic) bond motifs is 2. The summed E-state index contributed by atoms with van der Waals surface area (Å²) in [5.74, 6) is 1.54. The number of carbonyl (C=O) groups is 1. The van der Waals surface area contributed by atoms with Crippen LogP contribution in [0.1, 0.15) is 10.4 Å². The fraction of sp³-hybridized carbons (Fsp3) is 0.318. The summed E-state index contributed by atoms with van der Waals surface area (Å²) in [7, 11) is 0. The second-order valence-corrected chi connectivity index (χ2v) is 8.69. The number of hydrogen-bond acceptors (Lipinski definition) is 9. The van der Waals surface area contributed by atoms with E-state index in [1.165, 1.54) is 0 Å². The number of rotatable bonds is 5. The van der Waals surface area contributed by atoms with Crippen LogP contribution in [-0.2, 0) is 9.47 Å². The minimum atomic E-state index is -0.247. The molecule has 2 saturated heterocycles. The van der Waals surface area contributed by atoms with Gasteiger partial charge < -0.3 is 29.6 Å². The molecule has 164 valence electrons. The Morgan fingerprint density at radius 1 is 1.03 bits per heavy atom. The second kappa shape index (κ2) is 8.05. The zero-order valence-electron chi connectivity index (χ0n) is 16.9. The van der Waals surface area contributed by atoms with Crippen LogP contribution >= 0.6 is 11.3 Å². The number of nitrogens with zero attached hydrogens (tertiary/aromatic N) is 2. The van der Waals surface area contributed by atoms with Crippen molar-refractivity contribution in [2.45, 2.75) is 24.3 Å². The van der Waals surface area contributed by atoms with Crippen LogP contribution in [-0.4, -0.2) is 60.2 Å². The van der Waals surface area contributed by atoms with E-state index >= 15 is 0 Å². The van der Waals surface area contributed by atoms with Gasteiger partial charge in [0.05, 0.1) is 35.9 Å². The van der Waals surface area contributed by atoms with Gasteiger partial charge in [-0.2, -0.15) is 0 Å². The maximum absolute atomic E-state index is 12.8. The Labute approximate surface area is 187 Å². The van der Waals surface area contributed by atoms with Crippen molar-refractivity contribution in [1.82, 2.24) is 15.3 Å². The van der Waals surface area contributed by atoms with E-state index in [2.05, 4.69) is 20.6 Å². The van der Waals surface area contributed by atoms with Crippen molar-refractivity contribution in [3.05, 3.63) is 53.5 Å². The van der Waals surface area contributed by atoms with E-state index in [0.717, 1.165) is 10.6 Å². The van der Waals surface area contributed by atoms with Crippen LogP contribution in [0.2, 0.25) is 0 Å². The molecule has 0 unspecified atom stereocenters. The zero-order chi connectivity index (χ0) is 21.5. The highest BCUT2D eigenvalue weighted by molar-refractivity contribution is 7.13. The largest absolute Gasteiger partial charge is 0.454 e. The molecule has 3 aromatic rings. The van der Waals surface area contributed by atoms with E-state index in [1.54, 1.807) is 35.7 Å². The number of ether oxygens (including phenoxy) is 4. The minimum Gasteiger partial charge on any atom is -0.454 e. The topological polar surface area (TPSA) is 104 Å². The van der Waals surface area contributed by atoms with Gasteiger partial charge in [0.15, 0.2) is 11.5 Å². The summed E-state index contributed by atoms with van der Waals surface area (Å²) < 4.78 is 22.6. The highest BCUT2D eigenvalue weighted by atomic mass is 32.1. The summed E-state index contributed by atoms with van der Waals surface area (Å²) in [5, 5.41) is 8.38. The molecule has 1 amide bonds. The second-order valence-electron chi connectivity index (χ2n) is 7.74. The Kier molecular flexibility index (Phi) is 4.90. The smallest absolute Gasteiger partial charge is 0.251 e. The lowest BCUT2D eigenvalue weighted by atomic mass is 10.1. The molecule has 0 aliphatic carbocycles. The third kappa shape index (κ3) is 3.56. The third-order valence-electron chi connectivity index (χ3n) is 5.75. The van der Waals surface area contributed by atoms with E-state index in [1.807, 2.05) is 23.6 Å². The van der Waals surface area contributed by atoms with Crippen molar-refractivity contribution in [2.75, 3.05) is 25.3 Å². The Hall–Kier alpha value is -3.21. The highest BCUT2D eigenvalue weighted by Gasteiger charge is 2.48. The molecule has 32 heavy (non-hydrogen) atoms. The predicted molar refractivity (Wildman–Crippen MR) is 116 cm³/mol. The van der Waals surface area contributed by atoms with Gasteiger partial charge in [0.2, 0.25) is 12.7 Å². The first-order valence-electron chi connectivity index (χ1n) is 10.3. The first-order valence-corrected chi connectivity index (χ1v) is 11.2. The molecule has 3 aliphatic rings. The molecule has 0 bridgehead atoms. The summed E-state index contributed by atoms with van der Waals surface area (Å²) in [6.45, 7) is 0.987. The van der Waals surface area contributed by atoms with Crippen molar-refractivity contribution in [2.24, 2.45) is 0 Å². The maximum Gasteiger partial charge on any atom is 0.251 e. The van der Waals surface area contributed by atoms with E-state index in [9.17, 15) is 4.79 Å². The van der Waals surface area contributed by atoms with Crippen LogP contribution in [0.5, 0.6) is 11.5 Å². The molecule has 5 heterocycles. The molecule has 1 aromatic carbocycles. The molecular formula is C22H20N4O5S. The van der Waals surface area contributed by atoms with Crippen molar-refractivity contribution in [1.29, 1.82) is 0 Å². The van der Waals surface area contributed by atoms with Gasteiger partial charge in [-0.3, -0.25) is 4.79 Å². The molecule has 0 saturated carbocycles. The molecule has 4 atom stereocenters. The molecule has 2 fully saturated rings. The average molecular weight is 452 g/mol. The van der Waals surface area contributed by atoms with Crippen LogP contribution in [0.15, 0.2) is 48.0 Å². The average Bonchev–Trinajstić information content (AvgIpc) is 3.60. The van der Waals surface area contributed by atoms with E-state index in [0.29, 0.717) is 36.2 Å². The lowest BCUT2D eigenvalue weighted by molar-refractivity contribution is 0.0652. The summed E-state index contributed by atoms with van der Waals surface area (Å²) in [5.41, 5.74) is 1.37. The molecule has 9 nitrogen and oxygen atoms in total. The van der Waals surface area contributed by atoms with Crippen molar-refractivity contribution in [3.8, 4) is 22.1 Å². The lowest BCUT2D eigenvalue weighted by Crippen LogP contribution is -2.44. The lowest BCUT2D eigenvalue weighted by Gasteiger charge is -2.18. The Morgan fingerprint density at radius 2 is 1.88 bits per heavy atom. The van der Waals surface area contributed by atoms with Crippen molar-refractivity contribution < 1.29 is 23.7 Å². The minimum absolute atomic E-state index is 0.106. The number of amides is 1. The molecule has 2 aromatic heterocycles. The van der Waals surface area contributed by atoms with Crippen LogP contribution < -0.4 is 20.1 Å². The van der Waals surface area contributed by atoms with Crippen LogP contribution in [0.3, 0.4) is 0 Å². The molecular weight excluding hydrogens is 432 g/mol. The van der Waals surface area contributed by atoms with Gasteiger partial charge in [-0.1, -0.05) is 6.07 Å². The van der Waals surface area contributed by atoms with E-state index in [-0.39, 0.29) is 37.0 Å². The molecule has 0 spiro atoms. The quantitative estimate of drug-likeness (QED) is 0.608.